The van der Waals surface area contributed by atoms with Crippen molar-refractivity contribution in [3.05, 3.63) is 23.0 Å². The smallest absolute Gasteiger partial charge is 0.127 e. The van der Waals surface area contributed by atoms with Gasteiger partial charge in [0, 0.05) is 8.64 Å². The lowest BCUT2D eigenvalue weighted by Crippen LogP contribution is -2.20. The fourth-order valence-corrected chi connectivity index (χ4v) is 1.41. The molecule has 0 amide bonds. The maximum Gasteiger partial charge on any atom is 0.127 e. The number of hydrogen-bond acceptors (Lipinski definition) is 2. The van der Waals surface area contributed by atoms with Crippen molar-refractivity contribution in [3.63, 3.8) is 0 Å². The molecule has 0 aromatic carbocycles. The zero-order valence-corrected chi connectivity index (χ0v) is 8.39. The first-order valence-corrected chi connectivity index (χ1v) is 4.14. The predicted molar refractivity (Wildman–Crippen MR) is 52.2 cm³/mol. The monoisotopic (exact) mass is 183 g/mol. The highest BCUT2D eigenvalue weighted by atomic mass is 16.5. The molecule has 0 aromatic heterocycles. The van der Waals surface area contributed by atoms with Gasteiger partial charge < -0.3 is 9.53 Å². The minimum Gasteiger partial charge on any atom is -0.497 e. The molecular weight excluding hydrogens is 164 g/mol. The molecule has 2 atom stereocenters. The van der Waals surface area contributed by atoms with E-state index in [9.17, 15) is 4.79 Å². The van der Waals surface area contributed by atoms with Crippen LogP contribution < -0.4 is 0 Å². The molecule has 1 rings (SSSR count). The summed E-state index contributed by atoms with van der Waals surface area (Å²) in [5.74, 6) is -2.83. The second-order valence-electron chi connectivity index (χ2n) is 3.12. The zero-order valence-electron chi connectivity index (χ0n) is 11.4. The fraction of sp³-hybridized carbons (Fsp3) is 0.545. The summed E-state index contributed by atoms with van der Waals surface area (Å²) in [5, 5.41) is 0. The van der Waals surface area contributed by atoms with Gasteiger partial charge in [-0.1, -0.05) is 12.5 Å². The summed E-state index contributed by atoms with van der Waals surface area (Å²) < 4.78 is 28.6. The van der Waals surface area contributed by atoms with Crippen molar-refractivity contribution in [1.29, 1.82) is 0 Å². The average molecular weight is 183 g/mol. The van der Waals surface area contributed by atoms with Crippen LogP contribution in [0.4, 0.5) is 0 Å². The lowest BCUT2D eigenvalue weighted by molar-refractivity contribution is -0.111. The van der Waals surface area contributed by atoms with Crippen LogP contribution in [0, 0.1) is 11.8 Å². The van der Waals surface area contributed by atoms with Gasteiger partial charge in [-0.05, 0) is 31.4 Å². The first-order chi connectivity index (χ1) is 7.19. The second kappa shape index (κ2) is 3.77. The molecule has 0 spiro atoms. The number of hydrogen-bond donors (Lipinski definition) is 0. The van der Waals surface area contributed by atoms with Gasteiger partial charge in [-0.2, -0.15) is 0 Å². The van der Waals surface area contributed by atoms with Gasteiger partial charge in [0.2, 0.25) is 0 Å². The highest BCUT2D eigenvalue weighted by molar-refractivity contribution is 5.62. The molecule has 72 valence electrons. The van der Waals surface area contributed by atoms with Crippen LogP contribution in [0.15, 0.2) is 23.0 Å². The normalized spacial score (nSPS) is 43.1. The molecule has 2 heteroatoms. The maximum atomic E-state index is 11.3. The van der Waals surface area contributed by atoms with Gasteiger partial charge in [0.25, 0.3) is 0 Å². The van der Waals surface area contributed by atoms with Crippen molar-refractivity contribution >= 4 is 6.26 Å². The van der Waals surface area contributed by atoms with E-state index in [1.807, 2.05) is 0 Å². The molecule has 1 aliphatic carbocycles. The Morgan fingerprint density at radius 3 is 2.77 bits per heavy atom. The molecule has 0 N–H and O–H groups in total. The van der Waals surface area contributed by atoms with E-state index in [0.717, 1.165) is 0 Å². The highest BCUT2D eigenvalue weighted by Crippen LogP contribution is 2.32. The van der Waals surface area contributed by atoms with Crippen LogP contribution in [0.5, 0.6) is 0 Å². The average Bonchev–Trinajstić information content (AvgIpc) is 2.20. The number of allylic oxidation sites excluding steroid dienone is 3. The van der Waals surface area contributed by atoms with Crippen LogP contribution in [0.2, 0.25) is 0 Å². The van der Waals surface area contributed by atoms with Crippen molar-refractivity contribution in [1.82, 2.24) is 0 Å². The summed E-state index contributed by atoms with van der Waals surface area (Å²) in [6, 6.07) is 0. The SMILES string of the molecule is [2H]C(=O)C1([2H])C(C)=CC(OC)=C(C)C1([2H])C. The van der Waals surface area contributed by atoms with Crippen LogP contribution in [0.1, 0.15) is 24.9 Å². The highest BCUT2D eigenvalue weighted by Gasteiger charge is 2.26. The van der Waals surface area contributed by atoms with Gasteiger partial charge in [0.1, 0.15) is 13.4 Å². The summed E-state index contributed by atoms with van der Waals surface area (Å²) in [6.07, 6.45) is 0.499. The minimum atomic E-state index is -1.85. The summed E-state index contributed by atoms with van der Waals surface area (Å²) in [4.78, 5) is 11.3. The van der Waals surface area contributed by atoms with Crippen molar-refractivity contribution in [3.8, 4) is 0 Å². The molecule has 13 heavy (non-hydrogen) atoms. The third-order valence-electron chi connectivity index (χ3n) is 2.37. The molecule has 0 aromatic rings. The van der Waals surface area contributed by atoms with Crippen molar-refractivity contribution < 1.29 is 13.6 Å². The van der Waals surface area contributed by atoms with Gasteiger partial charge in [-0.25, -0.2) is 0 Å². The molecule has 0 saturated carbocycles. The quantitative estimate of drug-likeness (QED) is 0.614. The topological polar surface area (TPSA) is 26.3 Å². The Hall–Kier alpha value is -1.05. The second-order valence-corrected chi connectivity index (χ2v) is 3.12. The Labute approximate surface area is 83.5 Å². The number of ether oxygens (including phenoxy) is 1. The van der Waals surface area contributed by atoms with Crippen molar-refractivity contribution in [2.75, 3.05) is 7.11 Å². The van der Waals surface area contributed by atoms with Crippen molar-refractivity contribution in [2.45, 2.75) is 20.8 Å². The van der Waals surface area contributed by atoms with Crippen LogP contribution in [0.3, 0.4) is 0 Å². The van der Waals surface area contributed by atoms with E-state index in [4.69, 9.17) is 8.85 Å². The lowest BCUT2D eigenvalue weighted by Gasteiger charge is -2.26. The predicted octanol–water partition coefficient (Wildman–Crippen LogP) is 2.32. The zero-order chi connectivity index (χ0) is 12.7. The van der Waals surface area contributed by atoms with Gasteiger partial charge in [0.05, 0.1) is 7.11 Å². The Balaban J connectivity index is 3.47. The maximum absolute atomic E-state index is 11.3. The molecule has 0 aliphatic heterocycles. The molecule has 0 radical (unpaired) electrons. The van der Waals surface area contributed by atoms with E-state index in [-0.39, 0.29) is 0 Å². The minimum absolute atomic E-state index is 0.368. The fourth-order valence-electron chi connectivity index (χ4n) is 1.41. The summed E-state index contributed by atoms with van der Waals surface area (Å²) in [6.45, 7) is 4.70. The van der Waals surface area contributed by atoms with E-state index in [1.54, 1.807) is 19.9 Å². The van der Waals surface area contributed by atoms with E-state index in [2.05, 4.69) is 0 Å². The number of carbonyl (C=O) groups excluding carboxylic acids is 1. The third-order valence-corrected chi connectivity index (χ3v) is 2.37. The Morgan fingerprint density at radius 1 is 1.69 bits per heavy atom. The largest absolute Gasteiger partial charge is 0.497 e. The van der Waals surface area contributed by atoms with Crippen LogP contribution in [0.25, 0.3) is 0 Å². The Bertz CT molecular complexity index is 396. The molecule has 0 heterocycles. The number of carbonyl (C=O) groups is 1. The van der Waals surface area contributed by atoms with Crippen molar-refractivity contribution in [2.24, 2.45) is 11.8 Å². The standard InChI is InChI=1S/C11H16O2/c1-7-5-11(13-4)9(3)8(2)10(7)6-12/h5-6,8,10H,1-4H3/i6D,8D,10D. The van der Waals surface area contributed by atoms with Crippen LogP contribution >= 0.6 is 0 Å². The number of rotatable bonds is 2. The number of methoxy groups -OCH3 is 1. The summed E-state index contributed by atoms with van der Waals surface area (Å²) in [5.41, 5.74) is 0.864. The molecule has 0 fully saturated rings. The lowest BCUT2D eigenvalue weighted by atomic mass is 9.80. The number of aldehydes is 1. The van der Waals surface area contributed by atoms with Gasteiger partial charge in [-0.3, -0.25) is 0 Å². The van der Waals surface area contributed by atoms with E-state index in [1.165, 1.54) is 14.0 Å². The summed E-state index contributed by atoms with van der Waals surface area (Å²) >= 11 is 0. The van der Waals surface area contributed by atoms with Crippen LogP contribution in [-0.2, 0) is 9.53 Å². The molecule has 2 unspecified atom stereocenters. The Morgan fingerprint density at radius 2 is 2.31 bits per heavy atom. The van der Waals surface area contributed by atoms with E-state index in [0.29, 0.717) is 16.9 Å². The molecule has 0 bridgehead atoms. The van der Waals surface area contributed by atoms with Gasteiger partial charge in [0.15, 0.2) is 0 Å². The molecular formula is C11H16O2. The van der Waals surface area contributed by atoms with E-state index < -0.39 is 18.1 Å². The molecule has 0 saturated heterocycles. The third kappa shape index (κ3) is 1.67. The molecule has 1 aliphatic rings. The first kappa shape index (κ1) is 6.41. The molecule has 2 nitrogen and oxygen atoms in total. The Kier molecular flexibility index (Phi) is 1.86. The van der Waals surface area contributed by atoms with Gasteiger partial charge >= 0.3 is 0 Å². The van der Waals surface area contributed by atoms with Gasteiger partial charge in [-0.15, -0.1) is 0 Å². The first-order valence-electron chi connectivity index (χ1n) is 5.64. The van der Waals surface area contributed by atoms with E-state index >= 15 is 0 Å². The summed E-state index contributed by atoms with van der Waals surface area (Å²) in [7, 11) is 1.48. The van der Waals surface area contributed by atoms with Crippen LogP contribution in [-0.4, -0.2) is 13.4 Å².